The molecule has 2 aromatic rings. The number of hydrogen-bond donors (Lipinski definition) is 1. The molecule has 0 aliphatic heterocycles. The highest BCUT2D eigenvalue weighted by molar-refractivity contribution is 6.32. The average Bonchev–Trinajstić information content (AvgIpc) is 2.63. The number of ether oxygens (including phenoxy) is 3. The Balaban J connectivity index is 1.81. The summed E-state index contributed by atoms with van der Waals surface area (Å²) in [5.74, 6) is 0.323. The molecule has 0 radical (unpaired) electrons. The minimum atomic E-state index is -2.93. The summed E-state index contributed by atoms with van der Waals surface area (Å²) in [6, 6.07) is 9.94. The van der Waals surface area contributed by atoms with Gasteiger partial charge in [-0.15, -0.1) is 0 Å². The molecular formula is C19H20ClF2NO4. The van der Waals surface area contributed by atoms with Crippen LogP contribution >= 0.6 is 11.6 Å². The van der Waals surface area contributed by atoms with Crippen molar-refractivity contribution < 1.29 is 27.8 Å². The molecule has 0 saturated carbocycles. The van der Waals surface area contributed by atoms with Gasteiger partial charge in [-0.1, -0.05) is 23.7 Å². The number of halogens is 3. The van der Waals surface area contributed by atoms with Crippen LogP contribution in [0.1, 0.15) is 11.1 Å². The summed E-state index contributed by atoms with van der Waals surface area (Å²) < 4.78 is 39.5. The maximum atomic E-state index is 12.3. The highest BCUT2D eigenvalue weighted by Crippen LogP contribution is 2.29. The van der Waals surface area contributed by atoms with E-state index in [9.17, 15) is 13.6 Å². The molecule has 0 aliphatic rings. The molecule has 0 heterocycles. The summed E-state index contributed by atoms with van der Waals surface area (Å²) in [4.78, 5) is 11.9. The van der Waals surface area contributed by atoms with Crippen molar-refractivity contribution in [2.24, 2.45) is 0 Å². The standard InChI is InChI=1S/C19H20ClF2NO4/c1-12-3-5-14(20)16(9-12)26-11-18(24)23-8-7-13-4-6-15(27-19(21)22)17(10-13)25-2/h3-6,9-10,19H,7-8,11H2,1-2H3,(H,23,24). The maximum Gasteiger partial charge on any atom is 0.387 e. The van der Waals surface area contributed by atoms with Gasteiger partial charge in [-0.2, -0.15) is 8.78 Å². The molecule has 0 unspecified atom stereocenters. The zero-order chi connectivity index (χ0) is 19.8. The molecule has 1 amide bonds. The van der Waals surface area contributed by atoms with Crippen LogP contribution in [-0.2, 0) is 11.2 Å². The first-order valence-corrected chi connectivity index (χ1v) is 8.54. The zero-order valence-electron chi connectivity index (χ0n) is 14.9. The van der Waals surface area contributed by atoms with Gasteiger partial charge in [-0.25, -0.2) is 0 Å². The van der Waals surface area contributed by atoms with Crippen molar-refractivity contribution in [3.8, 4) is 17.2 Å². The van der Waals surface area contributed by atoms with Gasteiger partial charge in [0.15, 0.2) is 18.1 Å². The lowest BCUT2D eigenvalue weighted by Crippen LogP contribution is -2.30. The molecule has 0 aliphatic carbocycles. The van der Waals surface area contributed by atoms with Crippen LogP contribution in [0.3, 0.4) is 0 Å². The van der Waals surface area contributed by atoms with Gasteiger partial charge in [0, 0.05) is 6.54 Å². The minimum absolute atomic E-state index is 0.0382. The Hall–Kier alpha value is -2.54. The fraction of sp³-hybridized carbons (Fsp3) is 0.316. The number of alkyl halides is 2. The van der Waals surface area contributed by atoms with E-state index < -0.39 is 6.61 Å². The average molecular weight is 400 g/mol. The van der Waals surface area contributed by atoms with Gasteiger partial charge in [0.05, 0.1) is 12.1 Å². The third kappa shape index (κ3) is 6.60. The topological polar surface area (TPSA) is 56.8 Å². The van der Waals surface area contributed by atoms with Gasteiger partial charge in [-0.05, 0) is 48.7 Å². The Kier molecular flexibility index (Phi) is 7.67. The van der Waals surface area contributed by atoms with Crippen LogP contribution in [0.25, 0.3) is 0 Å². The third-order valence-corrected chi connectivity index (χ3v) is 3.94. The van der Waals surface area contributed by atoms with Crippen molar-refractivity contribution in [3.05, 3.63) is 52.5 Å². The molecule has 146 valence electrons. The van der Waals surface area contributed by atoms with Crippen LogP contribution in [-0.4, -0.2) is 32.8 Å². The summed E-state index contributed by atoms with van der Waals surface area (Å²) in [7, 11) is 1.37. The fourth-order valence-electron chi connectivity index (χ4n) is 2.32. The predicted octanol–water partition coefficient (Wildman–Crippen LogP) is 4.00. The van der Waals surface area contributed by atoms with Gasteiger partial charge < -0.3 is 19.5 Å². The Morgan fingerprint density at radius 2 is 1.93 bits per heavy atom. The van der Waals surface area contributed by atoms with E-state index in [4.69, 9.17) is 21.1 Å². The van der Waals surface area contributed by atoms with Crippen molar-refractivity contribution >= 4 is 17.5 Å². The maximum absolute atomic E-state index is 12.3. The summed E-state index contributed by atoms with van der Waals surface area (Å²) in [6.07, 6.45) is 0.488. The molecule has 0 atom stereocenters. The molecule has 0 spiro atoms. The lowest BCUT2D eigenvalue weighted by atomic mass is 10.1. The van der Waals surface area contributed by atoms with Crippen LogP contribution in [0.5, 0.6) is 17.2 Å². The number of carbonyl (C=O) groups is 1. The van der Waals surface area contributed by atoms with Crippen molar-refractivity contribution in [2.45, 2.75) is 20.0 Å². The van der Waals surface area contributed by atoms with E-state index in [0.717, 1.165) is 11.1 Å². The molecule has 2 rings (SSSR count). The molecule has 0 bridgehead atoms. The Morgan fingerprint density at radius 3 is 2.63 bits per heavy atom. The van der Waals surface area contributed by atoms with Gasteiger partial charge >= 0.3 is 6.61 Å². The van der Waals surface area contributed by atoms with Crippen LogP contribution in [0, 0.1) is 6.92 Å². The van der Waals surface area contributed by atoms with Gasteiger partial charge in [0.1, 0.15) is 5.75 Å². The number of rotatable bonds is 9. The summed E-state index contributed by atoms with van der Waals surface area (Å²) in [5.41, 5.74) is 1.78. The van der Waals surface area contributed by atoms with Crippen LogP contribution in [0.15, 0.2) is 36.4 Å². The highest BCUT2D eigenvalue weighted by Gasteiger charge is 2.11. The Morgan fingerprint density at radius 1 is 1.15 bits per heavy atom. The first kappa shape index (κ1) is 20.8. The highest BCUT2D eigenvalue weighted by atomic mass is 35.5. The van der Waals surface area contributed by atoms with Crippen LogP contribution in [0.4, 0.5) is 8.78 Å². The molecule has 0 saturated heterocycles. The first-order valence-electron chi connectivity index (χ1n) is 8.16. The van der Waals surface area contributed by atoms with Crippen molar-refractivity contribution in [2.75, 3.05) is 20.3 Å². The second-order valence-corrected chi connectivity index (χ2v) is 6.09. The van der Waals surface area contributed by atoms with Crippen molar-refractivity contribution in [1.82, 2.24) is 5.32 Å². The number of hydrogen-bond acceptors (Lipinski definition) is 4. The summed E-state index contributed by atoms with van der Waals surface area (Å²) in [6.45, 7) is -0.837. The van der Waals surface area contributed by atoms with Crippen molar-refractivity contribution in [1.29, 1.82) is 0 Å². The number of nitrogens with one attached hydrogen (secondary N) is 1. The second-order valence-electron chi connectivity index (χ2n) is 5.69. The summed E-state index contributed by atoms with van der Waals surface area (Å²) >= 11 is 6.01. The van der Waals surface area contributed by atoms with E-state index in [0.29, 0.717) is 23.7 Å². The van der Waals surface area contributed by atoms with E-state index in [1.165, 1.54) is 13.2 Å². The lowest BCUT2D eigenvalue weighted by Gasteiger charge is -2.12. The monoisotopic (exact) mass is 399 g/mol. The van der Waals surface area contributed by atoms with E-state index in [1.807, 2.05) is 13.0 Å². The molecular weight excluding hydrogens is 380 g/mol. The fourth-order valence-corrected chi connectivity index (χ4v) is 2.49. The Bertz CT molecular complexity index is 786. The molecule has 27 heavy (non-hydrogen) atoms. The molecule has 8 heteroatoms. The zero-order valence-corrected chi connectivity index (χ0v) is 15.7. The smallest absolute Gasteiger partial charge is 0.387 e. The molecule has 5 nitrogen and oxygen atoms in total. The number of amides is 1. The number of aryl methyl sites for hydroxylation is 1. The van der Waals surface area contributed by atoms with E-state index in [-0.39, 0.29) is 24.0 Å². The SMILES string of the molecule is COc1cc(CCNC(=O)COc2cc(C)ccc2Cl)ccc1OC(F)F. The molecule has 2 aromatic carbocycles. The van der Waals surface area contributed by atoms with Gasteiger partial charge in [0.25, 0.3) is 5.91 Å². The van der Waals surface area contributed by atoms with E-state index in [2.05, 4.69) is 10.1 Å². The van der Waals surface area contributed by atoms with Gasteiger partial charge in [-0.3, -0.25) is 4.79 Å². The van der Waals surface area contributed by atoms with Crippen molar-refractivity contribution in [3.63, 3.8) is 0 Å². The molecule has 0 aromatic heterocycles. The largest absolute Gasteiger partial charge is 0.493 e. The van der Waals surface area contributed by atoms with Gasteiger partial charge in [0.2, 0.25) is 0 Å². The molecule has 1 N–H and O–H groups in total. The summed E-state index contributed by atoms with van der Waals surface area (Å²) in [5, 5.41) is 3.16. The van der Waals surface area contributed by atoms with E-state index in [1.54, 1.807) is 24.3 Å². The third-order valence-electron chi connectivity index (χ3n) is 3.63. The normalized spacial score (nSPS) is 10.6. The predicted molar refractivity (Wildman–Crippen MR) is 98.0 cm³/mol. The quantitative estimate of drug-likeness (QED) is 0.692. The molecule has 0 fully saturated rings. The first-order chi connectivity index (χ1) is 12.9. The number of benzene rings is 2. The second kappa shape index (κ2) is 9.97. The lowest BCUT2D eigenvalue weighted by molar-refractivity contribution is -0.123. The minimum Gasteiger partial charge on any atom is -0.493 e. The Labute approximate surface area is 161 Å². The van der Waals surface area contributed by atoms with Crippen LogP contribution < -0.4 is 19.5 Å². The number of carbonyl (C=O) groups excluding carboxylic acids is 1. The number of methoxy groups -OCH3 is 1. The van der Waals surface area contributed by atoms with Crippen LogP contribution in [0.2, 0.25) is 5.02 Å². The van der Waals surface area contributed by atoms with E-state index >= 15 is 0 Å².